The van der Waals surface area contributed by atoms with Gasteiger partial charge in [0.2, 0.25) is 5.91 Å². The van der Waals surface area contributed by atoms with Gasteiger partial charge in [0.25, 0.3) is 0 Å². The van der Waals surface area contributed by atoms with Crippen molar-refractivity contribution in [1.29, 1.82) is 0 Å². The molecule has 1 fully saturated rings. The predicted molar refractivity (Wildman–Crippen MR) is 103 cm³/mol. The summed E-state index contributed by atoms with van der Waals surface area (Å²) in [5.41, 5.74) is 6.28. The number of hydrogen-bond acceptors (Lipinski definition) is 4. The Morgan fingerprint density at radius 2 is 1.81 bits per heavy atom. The molecule has 3 amide bonds. The summed E-state index contributed by atoms with van der Waals surface area (Å²) < 4.78 is 0. The Morgan fingerprint density at radius 1 is 1.08 bits per heavy atom. The first-order valence-corrected chi connectivity index (χ1v) is 9.66. The van der Waals surface area contributed by atoms with E-state index in [-0.39, 0.29) is 18.0 Å². The fourth-order valence-corrected chi connectivity index (χ4v) is 3.88. The van der Waals surface area contributed by atoms with Gasteiger partial charge in [-0.3, -0.25) is 9.69 Å². The predicted octanol–water partition coefficient (Wildman–Crippen LogP) is 2.04. The van der Waals surface area contributed by atoms with E-state index in [1.165, 1.54) is 0 Å². The second-order valence-corrected chi connectivity index (χ2v) is 7.33. The van der Waals surface area contributed by atoms with Crippen LogP contribution in [0.25, 0.3) is 0 Å². The Balaban J connectivity index is 1.60. The Morgan fingerprint density at radius 3 is 2.42 bits per heavy atom. The lowest BCUT2D eigenvalue weighted by Crippen LogP contribution is -2.52. The summed E-state index contributed by atoms with van der Waals surface area (Å²) in [7, 11) is 0. The second-order valence-electron chi connectivity index (χ2n) is 6.35. The molecule has 26 heavy (non-hydrogen) atoms. The van der Waals surface area contributed by atoms with E-state index in [0.717, 1.165) is 23.5 Å². The van der Waals surface area contributed by atoms with Gasteiger partial charge in [0.05, 0.1) is 6.04 Å². The number of carbonyl (C=O) groups is 2. The smallest absolute Gasteiger partial charge is 0.318 e. The molecule has 2 heterocycles. The van der Waals surface area contributed by atoms with E-state index < -0.39 is 0 Å². The van der Waals surface area contributed by atoms with Gasteiger partial charge in [-0.1, -0.05) is 36.4 Å². The Hall–Kier alpha value is -2.38. The molecule has 0 unspecified atom stereocenters. The van der Waals surface area contributed by atoms with Crippen LogP contribution in [-0.4, -0.2) is 54.5 Å². The van der Waals surface area contributed by atoms with Crippen LogP contribution < -0.4 is 11.1 Å². The second kappa shape index (κ2) is 8.82. The van der Waals surface area contributed by atoms with Crippen LogP contribution >= 0.6 is 11.3 Å². The standard InChI is InChI=1S/C19H24N4O2S/c20-17(24)8-9-22-10-12-23(13-11-22)19(25)21-18(16-7-4-14-26-16)15-5-2-1-3-6-15/h1-7,14,18H,8-13H2,(H2,20,24)(H,21,25)/t18-/m1/s1. The van der Waals surface area contributed by atoms with Crippen LogP contribution in [0.15, 0.2) is 47.8 Å². The van der Waals surface area contributed by atoms with Crippen LogP contribution in [-0.2, 0) is 4.79 Å². The average Bonchev–Trinajstić information content (AvgIpc) is 3.20. The summed E-state index contributed by atoms with van der Waals surface area (Å²) in [5, 5.41) is 5.20. The zero-order chi connectivity index (χ0) is 18.4. The van der Waals surface area contributed by atoms with Crippen molar-refractivity contribution < 1.29 is 9.59 Å². The highest BCUT2D eigenvalue weighted by molar-refractivity contribution is 7.10. The van der Waals surface area contributed by atoms with Crippen molar-refractivity contribution >= 4 is 23.3 Å². The Bertz CT molecular complexity index is 712. The van der Waals surface area contributed by atoms with Crippen molar-refractivity contribution in [3.8, 4) is 0 Å². The number of primary amides is 1. The minimum Gasteiger partial charge on any atom is -0.370 e. The average molecular weight is 372 g/mol. The molecule has 0 spiro atoms. The lowest BCUT2D eigenvalue weighted by molar-refractivity contribution is -0.118. The summed E-state index contributed by atoms with van der Waals surface area (Å²) in [4.78, 5) is 28.8. The molecule has 7 heteroatoms. The number of piperazine rings is 1. The highest BCUT2D eigenvalue weighted by Crippen LogP contribution is 2.26. The summed E-state index contributed by atoms with van der Waals surface area (Å²) >= 11 is 1.64. The molecular weight excluding hydrogens is 348 g/mol. The molecule has 6 nitrogen and oxygen atoms in total. The minimum absolute atomic E-state index is 0.0539. The topological polar surface area (TPSA) is 78.7 Å². The lowest BCUT2D eigenvalue weighted by Gasteiger charge is -2.35. The van der Waals surface area contributed by atoms with Crippen LogP contribution in [0.1, 0.15) is 22.9 Å². The fourth-order valence-electron chi connectivity index (χ4n) is 3.08. The summed E-state index contributed by atoms with van der Waals surface area (Å²) in [6.07, 6.45) is 0.362. The van der Waals surface area contributed by atoms with Crippen LogP contribution in [0.2, 0.25) is 0 Å². The zero-order valence-corrected chi connectivity index (χ0v) is 15.5. The van der Waals surface area contributed by atoms with Gasteiger partial charge >= 0.3 is 6.03 Å². The van der Waals surface area contributed by atoms with E-state index in [1.54, 1.807) is 11.3 Å². The molecule has 0 aliphatic carbocycles. The largest absolute Gasteiger partial charge is 0.370 e. The molecule has 1 aromatic carbocycles. The normalized spacial score (nSPS) is 16.2. The summed E-state index contributed by atoms with van der Waals surface area (Å²) in [6, 6.07) is 13.9. The molecule has 1 saturated heterocycles. The number of benzene rings is 1. The Labute approximate surface area is 157 Å². The van der Waals surface area contributed by atoms with E-state index in [0.29, 0.717) is 26.1 Å². The van der Waals surface area contributed by atoms with Crippen molar-refractivity contribution in [2.24, 2.45) is 5.73 Å². The van der Waals surface area contributed by atoms with Gasteiger partial charge in [-0.25, -0.2) is 4.79 Å². The van der Waals surface area contributed by atoms with E-state index >= 15 is 0 Å². The van der Waals surface area contributed by atoms with Crippen LogP contribution in [0, 0.1) is 0 Å². The molecule has 3 rings (SSSR count). The SMILES string of the molecule is NC(=O)CCN1CCN(C(=O)N[C@H](c2ccccc2)c2cccs2)CC1. The number of hydrogen-bond donors (Lipinski definition) is 2. The van der Waals surface area contributed by atoms with Gasteiger partial charge in [0.1, 0.15) is 0 Å². The van der Waals surface area contributed by atoms with E-state index in [1.807, 2.05) is 52.7 Å². The van der Waals surface area contributed by atoms with Crippen molar-refractivity contribution in [1.82, 2.24) is 15.1 Å². The van der Waals surface area contributed by atoms with Crippen LogP contribution in [0.5, 0.6) is 0 Å². The Kier molecular flexibility index (Phi) is 6.25. The van der Waals surface area contributed by atoms with Gasteiger partial charge in [0.15, 0.2) is 0 Å². The number of thiophene rings is 1. The number of urea groups is 1. The minimum atomic E-state index is -0.285. The quantitative estimate of drug-likeness (QED) is 0.814. The van der Waals surface area contributed by atoms with Crippen LogP contribution in [0.4, 0.5) is 4.79 Å². The molecule has 0 saturated carbocycles. The molecule has 1 aliphatic rings. The molecule has 0 radical (unpaired) electrons. The molecule has 2 aromatic rings. The van der Waals surface area contributed by atoms with Crippen molar-refractivity contribution in [3.05, 3.63) is 58.3 Å². The number of carbonyl (C=O) groups excluding carboxylic acids is 2. The van der Waals surface area contributed by atoms with Crippen molar-refractivity contribution in [2.45, 2.75) is 12.5 Å². The van der Waals surface area contributed by atoms with Gasteiger partial charge in [-0.15, -0.1) is 11.3 Å². The van der Waals surface area contributed by atoms with Gasteiger partial charge in [-0.05, 0) is 17.0 Å². The third-order valence-corrected chi connectivity index (χ3v) is 5.50. The molecule has 1 aliphatic heterocycles. The summed E-state index contributed by atoms with van der Waals surface area (Å²) in [6.45, 7) is 3.48. The van der Waals surface area contributed by atoms with Crippen molar-refractivity contribution in [2.75, 3.05) is 32.7 Å². The fraction of sp³-hybridized carbons (Fsp3) is 0.368. The molecule has 138 valence electrons. The maximum Gasteiger partial charge on any atom is 0.318 e. The number of amides is 3. The molecule has 1 aromatic heterocycles. The summed E-state index contributed by atoms with van der Waals surface area (Å²) in [5.74, 6) is -0.285. The maximum absolute atomic E-state index is 12.8. The lowest BCUT2D eigenvalue weighted by atomic mass is 10.1. The van der Waals surface area contributed by atoms with E-state index in [2.05, 4.69) is 10.2 Å². The number of rotatable bonds is 6. The number of nitrogens with zero attached hydrogens (tertiary/aromatic N) is 2. The molecule has 3 N–H and O–H groups in total. The van der Waals surface area contributed by atoms with Gasteiger partial charge in [-0.2, -0.15) is 0 Å². The molecule has 0 bridgehead atoms. The third kappa shape index (κ3) is 4.83. The monoisotopic (exact) mass is 372 g/mol. The van der Waals surface area contributed by atoms with E-state index in [9.17, 15) is 9.59 Å². The first-order valence-electron chi connectivity index (χ1n) is 8.78. The molecule has 1 atom stereocenters. The van der Waals surface area contributed by atoms with Gasteiger partial charge < -0.3 is 16.0 Å². The molecular formula is C19H24N4O2S. The van der Waals surface area contributed by atoms with Crippen molar-refractivity contribution in [3.63, 3.8) is 0 Å². The third-order valence-electron chi connectivity index (χ3n) is 4.56. The zero-order valence-electron chi connectivity index (χ0n) is 14.6. The first kappa shape index (κ1) is 18.4. The highest BCUT2D eigenvalue weighted by Gasteiger charge is 2.24. The van der Waals surface area contributed by atoms with Gasteiger partial charge in [0, 0.05) is 44.0 Å². The van der Waals surface area contributed by atoms with Crippen LogP contribution in [0.3, 0.4) is 0 Å². The number of nitrogens with one attached hydrogen (secondary N) is 1. The first-order chi connectivity index (χ1) is 12.6. The highest BCUT2D eigenvalue weighted by atomic mass is 32.1. The number of nitrogens with two attached hydrogens (primary N) is 1. The maximum atomic E-state index is 12.8. The van der Waals surface area contributed by atoms with E-state index in [4.69, 9.17) is 5.73 Å².